The van der Waals surface area contributed by atoms with Crippen molar-refractivity contribution in [3.63, 3.8) is 0 Å². The molecular formula is C18H29NO. The first-order valence-electron chi connectivity index (χ1n) is 7.86. The molecule has 2 N–H and O–H groups in total. The predicted octanol–water partition coefficient (Wildman–Crippen LogP) is 4.27. The number of benzene rings is 1. The summed E-state index contributed by atoms with van der Waals surface area (Å²) >= 11 is 0. The van der Waals surface area contributed by atoms with Gasteiger partial charge in [-0.2, -0.15) is 0 Å². The molecule has 0 saturated heterocycles. The maximum atomic E-state index is 6.22. The molecule has 1 saturated carbocycles. The summed E-state index contributed by atoms with van der Waals surface area (Å²) in [4.78, 5) is 0. The Morgan fingerprint density at radius 3 is 2.10 bits per heavy atom. The topological polar surface area (TPSA) is 35.2 Å². The van der Waals surface area contributed by atoms with Gasteiger partial charge in [-0.15, -0.1) is 0 Å². The molecule has 0 radical (unpaired) electrons. The highest BCUT2D eigenvalue weighted by Crippen LogP contribution is 2.47. The molecule has 112 valence electrons. The summed E-state index contributed by atoms with van der Waals surface area (Å²) in [7, 11) is 0. The maximum Gasteiger partial charge on any atom is 0.119 e. The third kappa shape index (κ3) is 2.58. The molecule has 2 nitrogen and oxygen atoms in total. The van der Waals surface area contributed by atoms with Gasteiger partial charge in [0.15, 0.2) is 0 Å². The van der Waals surface area contributed by atoms with Crippen molar-refractivity contribution in [2.45, 2.75) is 71.4 Å². The highest BCUT2D eigenvalue weighted by Gasteiger charge is 2.52. The van der Waals surface area contributed by atoms with Crippen molar-refractivity contribution < 1.29 is 4.74 Å². The predicted molar refractivity (Wildman–Crippen MR) is 85.2 cm³/mol. The van der Waals surface area contributed by atoms with E-state index in [-0.39, 0.29) is 23.0 Å². The van der Waals surface area contributed by atoms with Gasteiger partial charge in [0.05, 0.1) is 0 Å². The summed E-state index contributed by atoms with van der Waals surface area (Å²) in [5, 5.41) is 0. The molecule has 0 aromatic heterocycles. The highest BCUT2D eigenvalue weighted by molar-refractivity contribution is 5.31. The van der Waals surface area contributed by atoms with E-state index in [4.69, 9.17) is 10.5 Å². The standard InChI is InChI=1S/C18H29NO/c1-6-18(7-2)15(19)12-16(18)20-14-10-8-13(9-11-14)17(3,4)5/h8-11,15-16H,6-7,12,19H2,1-5H3. The summed E-state index contributed by atoms with van der Waals surface area (Å²) in [6.07, 6.45) is 3.43. The molecule has 0 heterocycles. The lowest BCUT2D eigenvalue weighted by Crippen LogP contribution is -2.62. The lowest BCUT2D eigenvalue weighted by molar-refractivity contribution is -0.0722. The molecule has 1 aromatic carbocycles. The zero-order valence-electron chi connectivity index (χ0n) is 13.6. The Balaban J connectivity index is 2.08. The SMILES string of the molecule is CCC1(CC)C(N)CC1Oc1ccc(C(C)(C)C)cc1. The third-order valence-corrected chi connectivity index (χ3v) is 5.16. The van der Waals surface area contributed by atoms with E-state index in [1.165, 1.54) is 5.56 Å². The molecule has 2 heteroatoms. The minimum absolute atomic E-state index is 0.169. The van der Waals surface area contributed by atoms with E-state index in [0.717, 1.165) is 25.0 Å². The third-order valence-electron chi connectivity index (χ3n) is 5.16. The van der Waals surface area contributed by atoms with Crippen LogP contribution in [0.4, 0.5) is 0 Å². The Morgan fingerprint density at radius 1 is 1.15 bits per heavy atom. The Hall–Kier alpha value is -1.02. The fourth-order valence-electron chi connectivity index (χ4n) is 3.37. The minimum atomic E-state index is 0.169. The molecule has 2 unspecified atom stereocenters. The maximum absolute atomic E-state index is 6.22. The molecule has 1 aliphatic rings. The van der Waals surface area contributed by atoms with Crippen molar-refractivity contribution in [3.05, 3.63) is 29.8 Å². The molecule has 2 atom stereocenters. The number of hydrogen-bond acceptors (Lipinski definition) is 2. The average Bonchev–Trinajstić information content (AvgIpc) is 2.39. The number of nitrogens with two attached hydrogens (primary N) is 1. The molecule has 1 aliphatic carbocycles. The van der Waals surface area contributed by atoms with Gasteiger partial charge in [0.1, 0.15) is 11.9 Å². The van der Waals surface area contributed by atoms with E-state index in [1.807, 2.05) is 0 Å². The van der Waals surface area contributed by atoms with Crippen LogP contribution in [-0.2, 0) is 5.41 Å². The molecule has 0 amide bonds. The lowest BCUT2D eigenvalue weighted by atomic mass is 9.59. The van der Waals surface area contributed by atoms with Gasteiger partial charge in [-0.25, -0.2) is 0 Å². The van der Waals surface area contributed by atoms with Crippen LogP contribution in [-0.4, -0.2) is 12.1 Å². The first-order chi connectivity index (χ1) is 9.33. The molecule has 2 rings (SSSR count). The quantitative estimate of drug-likeness (QED) is 0.890. The number of ether oxygens (including phenoxy) is 1. The van der Waals surface area contributed by atoms with E-state index < -0.39 is 0 Å². The van der Waals surface area contributed by atoms with Crippen LogP contribution in [0.2, 0.25) is 0 Å². The summed E-state index contributed by atoms with van der Waals surface area (Å²) in [5.41, 5.74) is 7.92. The van der Waals surface area contributed by atoms with Crippen LogP contribution in [0.1, 0.15) is 59.4 Å². The van der Waals surface area contributed by atoms with Crippen molar-refractivity contribution in [2.24, 2.45) is 11.1 Å². The van der Waals surface area contributed by atoms with E-state index in [9.17, 15) is 0 Å². The average molecular weight is 275 g/mol. The van der Waals surface area contributed by atoms with Crippen molar-refractivity contribution in [1.29, 1.82) is 0 Å². The Morgan fingerprint density at radius 2 is 1.70 bits per heavy atom. The van der Waals surface area contributed by atoms with Gasteiger partial charge in [0.2, 0.25) is 0 Å². The molecular weight excluding hydrogens is 246 g/mol. The second kappa shape index (κ2) is 5.40. The van der Waals surface area contributed by atoms with Crippen LogP contribution in [0.5, 0.6) is 5.75 Å². The van der Waals surface area contributed by atoms with E-state index in [1.54, 1.807) is 0 Å². The number of rotatable bonds is 4. The molecule has 0 aliphatic heterocycles. The van der Waals surface area contributed by atoms with Gasteiger partial charge in [-0.05, 0) is 36.0 Å². The van der Waals surface area contributed by atoms with Crippen molar-refractivity contribution in [3.8, 4) is 5.75 Å². The van der Waals surface area contributed by atoms with Gasteiger partial charge in [0, 0.05) is 17.9 Å². The van der Waals surface area contributed by atoms with Crippen LogP contribution < -0.4 is 10.5 Å². The minimum Gasteiger partial charge on any atom is -0.490 e. The summed E-state index contributed by atoms with van der Waals surface area (Å²) in [6.45, 7) is 11.1. The van der Waals surface area contributed by atoms with Crippen LogP contribution >= 0.6 is 0 Å². The second-order valence-electron chi connectivity index (χ2n) is 7.16. The lowest BCUT2D eigenvalue weighted by Gasteiger charge is -2.53. The summed E-state index contributed by atoms with van der Waals surface area (Å²) in [5.74, 6) is 0.973. The molecule has 1 aromatic rings. The molecule has 0 spiro atoms. The molecule has 0 bridgehead atoms. The smallest absolute Gasteiger partial charge is 0.119 e. The van der Waals surface area contributed by atoms with E-state index in [2.05, 4.69) is 58.9 Å². The fourth-order valence-corrected chi connectivity index (χ4v) is 3.37. The van der Waals surface area contributed by atoms with Crippen LogP contribution in [0.25, 0.3) is 0 Å². The van der Waals surface area contributed by atoms with Crippen LogP contribution in [0.3, 0.4) is 0 Å². The van der Waals surface area contributed by atoms with Gasteiger partial charge in [0.25, 0.3) is 0 Å². The Labute approximate surface area is 123 Å². The zero-order valence-corrected chi connectivity index (χ0v) is 13.6. The Bertz CT molecular complexity index is 439. The van der Waals surface area contributed by atoms with Gasteiger partial charge in [-0.1, -0.05) is 46.8 Å². The van der Waals surface area contributed by atoms with Gasteiger partial charge < -0.3 is 10.5 Å². The van der Waals surface area contributed by atoms with Gasteiger partial charge >= 0.3 is 0 Å². The zero-order chi connectivity index (χ0) is 15.0. The normalized spacial score (nSPS) is 25.1. The van der Waals surface area contributed by atoms with Crippen molar-refractivity contribution >= 4 is 0 Å². The Kier molecular flexibility index (Phi) is 4.15. The first-order valence-corrected chi connectivity index (χ1v) is 7.86. The highest BCUT2D eigenvalue weighted by atomic mass is 16.5. The largest absolute Gasteiger partial charge is 0.490 e. The van der Waals surface area contributed by atoms with Crippen molar-refractivity contribution in [1.82, 2.24) is 0 Å². The van der Waals surface area contributed by atoms with Gasteiger partial charge in [-0.3, -0.25) is 0 Å². The summed E-state index contributed by atoms with van der Waals surface area (Å²) < 4.78 is 6.21. The number of hydrogen-bond donors (Lipinski definition) is 1. The summed E-state index contributed by atoms with van der Waals surface area (Å²) in [6, 6.07) is 8.83. The molecule has 1 fully saturated rings. The van der Waals surface area contributed by atoms with Crippen LogP contribution in [0.15, 0.2) is 24.3 Å². The van der Waals surface area contributed by atoms with E-state index >= 15 is 0 Å². The second-order valence-corrected chi connectivity index (χ2v) is 7.16. The monoisotopic (exact) mass is 275 g/mol. The first kappa shape index (κ1) is 15.4. The van der Waals surface area contributed by atoms with Crippen LogP contribution in [0, 0.1) is 5.41 Å². The molecule has 20 heavy (non-hydrogen) atoms. The van der Waals surface area contributed by atoms with Crippen molar-refractivity contribution in [2.75, 3.05) is 0 Å². The van der Waals surface area contributed by atoms with E-state index in [0.29, 0.717) is 0 Å². The fraction of sp³-hybridized carbons (Fsp3) is 0.667.